The van der Waals surface area contributed by atoms with E-state index in [1.165, 1.54) is 0 Å². The molecule has 0 aromatic carbocycles. The molecule has 0 aromatic heterocycles. The van der Waals surface area contributed by atoms with Gasteiger partial charge in [0, 0.05) is 13.2 Å². The van der Waals surface area contributed by atoms with Crippen molar-refractivity contribution in [2.75, 3.05) is 19.8 Å². The molecule has 4 nitrogen and oxygen atoms in total. The van der Waals surface area contributed by atoms with Crippen LogP contribution < -0.4 is 5.32 Å². The van der Waals surface area contributed by atoms with Crippen molar-refractivity contribution in [3.63, 3.8) is 0 Å². The number of carbonyl (C=O) groups is 1. The summed E-state index contributed by atoms with van der Waals surface area (Å²) < 4.78 is 10.5. The Balaban J connectivity index is 2.38. The standard InChI is InChI=1S/C12H21NO3/c1-4-15-12(14)11(9(2)3)13-8-10-6-5-7-16-10/h10-11,13H,2,4-8H2,1,3H3. The average Bonchev–Trinajstić information content (AvgIpc) is 2.70. The van der Waals surface area contributed by atoms with Crippen LogP contribution in [0.5, 0.6) is 0 Å². The normalized spacial score (nSPS) is 21.8. The molecule has 1 aliphatic rings. The van der Waals surface area contributed by atoms with E-state index in [4.69, 9.17) is 9.47 Å². The van der Waals surface area contributed by atoms with Gasteiger partial charge in [0.05, 0.1) is 12.7 Å². The monoisotopic (exact) mass is 227 g/mol. The Bertz CT molecular complexity index is 247. The van der Waals surface area contributed by atoms with Crippen LogP contribution in [0.2, 0.25) is 0 Å². The fraction of sp³-hybridized carbons (Fsp3) is 0.750. The summed E-state index contributed by atoms with van der Waals surface area (Å²) in [7, 11) is 0. The second-order valence-corrected chi connectivity index (χ2v) is 4.07. The van der Waals surface area contributed by atoms with Crippen LogP contribution in [0.4, 0.5) is 0 Å². The minimum atomic E-state index is -0.413. The SMILES string of the molecule is C=C(C)C(NCC1CCCO1)C(=O)OCC. The highest BCUT2D eigenvalue weighted by Crippen LogP contribution is 2.11. The maximum absolute atomic E-state index is 11.6. The third-order valence-corrected chi connectivity index (χ3v) is 2.59. The van der Waals surface area contributed by atoms with Crippen molar-refractivity contribution in [1.29, 1.82) is 0 Å². The second-order valence-electron chi connectivity index (χ2n) is 4.07. The topological polar surface area (TPSA) is 47.6 Å². The molecule has 16 heavy (non-hydrogen) atoms. The Morgan fingerprint density at radius 1 is 1.69 bits per heavy atom. The van der Waals surface area contributed by atoms with Crippen molar-refractivity contribution < 1.29 is 14.3 Å². The van der Waals surface area contributed by atoms with Crippen LogP contribution in [-0.2, 0) is 14.3 Å². The van der Waals surface area contributed by atoms with Gasteiger partial charge in [-0.25, -0.2) is 4.79 Å². The summed E-state index contributed by atoms with van der Waals surface area (Å²) in [4.78, 5) is 11.6. The Morgan fingerprint density at radius 3 is 2.94 bits per heavy atom. The first-order valence-electron chi connectivity index (χ1n) is 5.82. The molecule has 1 fully saturated rings. The highest BCUT2D eigenvalue weighted by Gasteiger charge is 2.23. The Kier molecular flexibility index (Phi) is 5.49. The fourth-order valence-electron chi connectivity index (χ4n) is 1.74. The lowest BCUT2D eigenvalue weighted by atomic mass is 10.1. The molecule has 1 rings (SSSR count). The number of ether oxygens (including phenoxy) is 2. The number of esters is 1. The molecule has 1 aliphatic heterocycles. The number of hydrogen-bond acceptors (Lipinski definition) is 4. The van der Waals surface area contributed by atoms with Crippen molar-refractivity contribution in [3.8, 4) is 0 Å². The molecular formula is C12H21NO3. The second kappa shape index (κ2) is 6.66. The lowest BCUT2D eigenvalue weighted by Crippen LogP contribution is -2.42. The Morgan fingerprint density at radius 2 is 2.44 bits per heavy atom. The van der Waals surface area contributed by atoms with Gasteiger partial charge in [-0.05, 0) is 26.7 Å². The smallest absolute Gasteiger partial charge is 0.327 e. The van der Waals surface area contributed by atoms with Gasteiger partial charge in [0.1, 0.15) is 6.04 Å². The first-order chi connectivity index (χ1) is 7.65. The summed E-state index contributed by atoms with van der Waals surface area (Å²) in [6.45, 7) is 9.32. The molecular weight excluding hydrogens is 206 g/mol. The van der Waals surface area contributed by atoms with Gasteiger partial charge in [0.15, 0.2) is 0 Å². The van der Waals surface area contributed by atoms with E-state index in [0.29, 0.717) is 13.2 Å². The first kappa shape index (κ1) is 13.2. The highest BCUT2D eigenvalue weighted by molar-refractivity contribution is 5.79. The zero-order chi connectivity index (χ0) is 12.0. The molecule has 0 radical (unpaired) electrons. The number of hydrogen-bond donors (Lipinski definition) is 1. The van der Waals surface area contributed by atoms with E-state index < -0.39 is 6.04 Å². The summed E-state index contributed by atoms with van der Waals surface area (Å²) in [6, 6.07) is -0.413. The largest absolute Gasteiger partial charge is 0.465 e. The minimum absolute atomic E-state index is 0.219. The molecule has 2 atom stereocenters. The third kappa shape index (κ3) is 3.94. The van der Waals surface area contributed by atoms with Crippen molar-refractivity contribution in [2.24, 2.45) is 0 Å². The van der Waals surface area contributed by atoms with Crippen LogP contribution in [0, 0.1) is 0 Å². The quantitative estimate of drug-likeness (QED) is 0.548. The van der Waals surface area contributed by atoms with Gasteiger partial charge in [-0.2, -0.15) is 0 Å². The van der Waals surface area contributed by atoms with Gasteiger partial charge in [0.2, 0.25) is 0 Å². The van der Waals surface area contributed by atoms with Crippen LogP contribution in [0.25, 0.3) is 0 Å². The summed E-state index contributed by atoms with van der Waals surface area (Å²) in [6.07, 6.45) is 2.37. The molecule has 92 valence electrons. The summed E-state index contributed by atoms with van der Waals surface area (Å²) in [5, 5.41) is 3.15. The lowest BCUT2D eigenvalue weighted by molar-refractivity contribution is -0.144. The van der Waals surface area contributed by atoms with E-state index >= 15 is 0 Å². The molecule has 0 amide bonds. The van der Waals surface area contributed by atoms with Crippen molar-refractivity contribution >= 4 is 5.97 Å². The van der Waals surface area contributed by atoms with Crippen molar-refractivity contribution in [1.82, 2.24) is 5.32 Å². The molecule has 0 aliphatic carbocycles. The average molecular weight is 227 g/mol. The third-order valence-electron chi connectivity index (χ3n) is 2.59. The lowest BCUT2D eigenvalue weighted by Gasteiger charge is -2.19. The van der Waals surface area contributed by atoms with Crippen LogP contribution in [0.1, 0.15) is 26.7 Å². The van der Waals surface area contributed by atoms with Gasteiger partial charge < -0.3 is 9.47 Å². The summed E-state index contributed by atoms with van der Waals surface area (Å²) >= 11 is 0. The van der Waals surface area contributed by atoms with E-state index in [0.717, 1.165) is 25.0 Å². The van der Waals surface area contributed by atoms with E-state index in [2.05, 4.69) is 11.9 Å². The minimum Gasteiger partial charge on any atom is -0.465 e. The van der Waals surface area contributed by atoms with Crippen LogP contribution >= 0.6 is 0 Å². The predicted molar refractivity (Wildman–Crippen MR) is 62.2 cm³/mol. The summed E-state index contributed by atoms with van der Waals surface area (Å²) in [5.74, 6) is -0.256. The zero-order valence-corrected chi connectivity index (χ0v) is 10.1. The maximum atomic E-state index is 11.6. The molecule has 0 bridgehead atoms. The maximum Gasteiger partial charge on any atom is 0.327 e. The molecule has 1 saturated heterocycles. The van der Waals surface area contributed by atoms with E-state index in [1.54, 1.807) is 6.92 Å². The van der Waals surface area contributed by atoms with Gasteiger partial charge in [0.25, 0.3) is 0 Å². The van der Waals surface area contributed by atoms with Crippen molar-refractivity contribution in [3.05, 3.63) is 12.2 Å². The Labute approximate surface area is 97.0 Å². The van der Waals surface area contributed by atoms with Crippen LogP contribution in [0.3, 0.4) is 0 Å². The first-order valence-corrected chi connectivity index (χ1v) is 5.82. The molecule has 0 aromatic rings. The predicted octanol–water partition coefficient (Wildman–Crippen LogP) is 1.26. The Hall–Kier alpha value is -0.870. The molecule has 0 saturated carbocycles. The summed E-state index contributed by atoms with van der Waals surface area (Å²) in [5.41, 5.74) is 0.774. The number of rotatable bonds is 6. The highest BCUT2D eigenvalue weighted by atomic mass is 16.5. The van der Waals surface area contributed by atoms with Gasteiger partial charge in [-0.3, -0.25) is 5.32 Å². The van der Waals surface area contributed by atoms with Gasteiger partial charge in [-0.1, -0.05) is 12.2 Å². The van der Waals surface area contributed by atoms with Crippen molar-refractivity contribution in [2.45, 2.75) is 38.8 Å². The van der Waals surface area contributed by atoms with E-state index in [9.17, 15) is 4.79 Å². The molecule has 2 unspecified atom stereocenters. The van der Waals surface area contributed by atoms with E-state index in [1.807, 2.05) is 6.92 Å². The van der Waals surface area contributed by atoms with Gasteiger partial charge >= 0.3 is 5.97 Å². The molecule has 1 heterocycles. The van der Waals surface area contributed by atoms with Gasteiger partial charge in [-0.15, -0.1) is 0 Å². The van der Waals surface area contributed by atoms with E-state index in [-0.39, 0.29) is 12.1 Å². The van der Waals surface area contributed by atoms with Crippen LogP contribution in [-0.4, -0.2) is 37.9 Å². The van der Waals surface area contributed by atoms with Crippen LogP contribution in [0.15, 0.2) is 12.2 Å². The molecule has 0 spiro atoms. The molecule has 1 N–H and O–H groups in total. The molecule has 4 heteroatoms. The number of carbonyl (C=O) groups excluding carboxylic acids is 1. The number of nitrogens with one attached hydrogen (secondary N) is 1. The fourth-order valence-corrected chi connectivity index (χ4v) is 1.74. The zero-order valence-electron chi connectivity index (χ0n) is 10.1.